The first-order valence-corrected chi connectivity index (χ1v) is 8.19. The Hall–Kier alpha value is -0.555. The lowest BCUT2D eigenvalue weighted by Crippen LogP contribution is -2.46. The lowest BCUT2D eigenvalue weighted by Gasteiger charge is -2.55. The Balaban J connectivity index is 1.85. The average Bonchev–Trinajstić information content (AvgIpc) is 2.47. The van der Waals surface area contributed by atoms with Crippen molar-refractivity contribution in [3.8, 4) is 0 Å². The molecule has 0 aromatic carbocycles. The molecule has 3 fully saturated rings. The topological polar surface area (TPSA) is 18.5 Å². The maximum atomic E-state index is 14.7. The summed E-state index contributed by atoms with van der Waals surface area (Å²) in [5.74, 6) is -0.769. The Kier molecular flexibility index (Phi) is 3.74. The molecule has 0 bridgehead atoms. The fourth-order valence-corrected chi connectivity index (χ4v) is 3.91. The number of hydrogen-bond acceptors (Lipinski definition) is 2. The molecular formula is C16H23BF4O2. The maximum absolute atomic E-state index is 14.7. The van der Waals surface area contributed by atoms with Crippen LogP contribution in [-0.2, 0) is 9.31 Å². The van der Waals surface area contributed by atoms with Crippen LogP contribution in [0.15, 0.2) is 11.3 Å². The van der Waals surface area contributed by atoms with Gasteiger partial charge in [0.1, 0.15) is 5.73 Å². The van der Waals surface area contributed by atoms with Gasteiger partial charge in [0.25, 0.3) is 0 Å². The van der Waals surface area contributed by atoms with Gasteiger partial charge in [-0.1, -0.05) is 6.42 Å². The number of halogens is 4. The molecule has 0 aromatic rings. The van der Waals surface area contributed by atoms with E-state index >= 15 is 0 Å². The van der Waals surface area contributed by atoms with Crippen molar-refractivity contribution in [3.05, 3.63) is 11.3 Å². The van der Waals surface area contributed by atoms with Gasteiger partial charge in [0.15, 0.2) is 0 Å². The standard InChI is InChI=1S/C16H23BF4O2/c1-13(2)14(3,4)23-17(22-13)12(18)11(16(19,20)21)10-8-15(9-10)6-5-7-15/h10H,5-9H2,1-4H3. The quantitative estimate of drug-likeness (QED) is 0.524. The predicted octanol–water partition coefficient (Wildman–Crippen LogP) is 4.98. The summed E-state index contributed by atoms with van der Waals surface area (Å²) in [6.45, 7) is 6.78. The van der Waals surface area contributed by atoms with E-state index in [1.807, 2.05) is 0 Å². The molecule has 0 N–H and O–H groups in total. The number of alkyl halides is 3. The van der Waals surface area contributed by atoms with Gasteiger partial charge < -0.3 is 9.31 Å². The highest BCUT2D eigenvalue weighted by molar-refractivity contribution is 6.54. The zero-order chi connectivity index (χ0) is 17.3. The second-order valence-electron chi connectivity index (χ2n) is 8.31. The van der Waals surface area contributed by atoms with E-state index in [0.717, 1.165) is 19.3 Å². The smallest absolute Gasteiger partial charge is 0.398 e. The fraction of sp³-hybridized carbons (Fsp3) is 0.875. The summed E-state index contributed by atoms with van der Waals surface area (Å²) in [6, 6.07) is 0. The van der Waals surface area contributed by atoms with Crippen LogP contribution in [0.1, 0.15) is 59.8 Å². The van der Waals surface area contributed by atoms with Crippen molar-refractivity contribution >= 4 is 7.12 Å². The van der Waals surface area contributed by atoms with Crippen LogP contribution in [0.4, 0.5) is 17.6 Å². The van der Waals surface area contributed by atoms with Gasteiger partial charge in [-0.05, 0) is 64.7 Å². The van der Waals surface area contributed by atoms with Crippen LogP contribution in [-0.4, -0.2) is 24.5 Å². The van der Waals surface area contributed by atoms with Crippen molar-refractivity contribution in [3.63, 3.8) is 0 Å². The van der Waals surface area contributed by atoms with Crippen LogP contribution in [0.5, 0.6) is 0 Å². The predicted molar refractivity (Wildman–Crippen MR) is 79.3 cm³/mol. The van der Waals surface area contributed by atoms with Gasteiger partial charge in [0.05, 0.1) is 16.8 Å². The van der Waals surface area contributed by atoms with E-state index in [2.05, 4.69) is 0 Å². The highest BCUT2D eigenvalue weighted by atomic mass is 19.4. The molecule has 3 rings (SSSR count). The molecule has 0 unspecified atom stereocenters. The molecule has 0 radical (unpaired) electrons. The van der Waals surface area contributed by atoms with Crippen LogP contribution < -0.4 is 0 Å². The van der Waals surface area contributed by atoms with Gasteiger partial charge in [-0.3, -0.25) is 0 Å². The molecule has 1 aliphatic heterocycles. The Morgan fingerprint density at radius 2 is 1.48 bits per heavy atom. The summed E-state index contributed by atoms with van der Waals surface area (Å²) in [4.78, 5) is 0. The molecule has 2 aliphatic carbocycles. The van der Waals surface area contributed by atoms with Crippen LogP contribution >= 0.6 is 0 Å². The molecule has 0 amide bonds. The van der Waals surface area contributed by atoms with Crippen LogP contribution in [0.3, 0.4) is 0 Å². The van der Waals surface area contributed by atoms with Gasteiger partial charge in [-0.2, -0.15) is 13.2 Å². The Morgan fingerprint density at radius 1 is 1.00 bits per heavy atom. The molecule has 2 nitrogen and oxygen atoms in total. The highest BCUT2D eigenvalue weighted by Gasteiger charge is 2.59. The van der Waals surface area contributed by atoms with E-state index in [1.165, 1.54) is 0 Å². The molecule has 2 saturated carbocycles. The summed E-state index contributed by atoms with van der Waals surface area (Å²) in [5.41, 5.74) is -4.05. The zero-order valence-electron chi connectivity index (χ0n) is 14.0. The molecule has 1 spiro atoms. The SMILES string of the molecule is CC1(C)OB(C(F)=C(C2CC3(CCC3)C2)C(F)(F)F)OC1(C)C. The molecule has 1 heterocycles. The first-order chi connectivity index (χ1) is 10.4. The number of rotatable bonds is 2. The normalized spacial score (nSPS) is 30.0. The number of hydrogen-bond donors (Lipinski definition) is 0. The monoisotopic (exact) mass is 334 g/mol. The minimum absolute atomic E-state index is 0.0391. The molecule has 130 valence electrons. The zero-order valence-corrected chi connectivity index (χ0v) is 14.0. The van der Waals surface area contributed by atoms with Crippen LogP contribution in [0, 0.1) is 11.3 Å². The lowest BCUT2D eigenvalue weighted by atomic mass is 9.50. The van der Waals surface area contributed by atoms with Crippen LogP contribution in [0.2, 0.25) is 0 Å². The first kappa shape index (κ1) is 17.3. The molecule has 7 heteroatoms. The molecule has 1 saturated heterocycles. The molecule has 3 aliphatic rings. The molecular weight excluding hydrogens is 311 g/mol. The van der Waals surface area contributed by atoms with E-state index in [4.69, 9.17) is 9.31 Å². The second-order valence-corrected chi connectivity index (χ2v) is 8.31. The maximum Gasteiger partial charge on any atom is 0.525 e. The fourth-order valence-electron chi connectivity index (χ4n) is 3.91. The second kappa shape index (κ2) is 4.98. The first-order valence-electron chi connectivity index (χ1n) is 8.19. The average molecular weight is 334 g/mol. The van der Waals surface area contributed by atoms with Gasteiger partial charge in [0.2, 0.25) is 0 Å². The van der Waals surface area contributed by atoms with Crippen molar-refractivity contribution < 1.29 is 26.9 Å². The van der Waals surface area contributed by atoms with E-state index in [9.17, 15) is 17.6 Å². The molecule has 0 atom stereocenters. The third kappa shape index (κ3) is 2.74. The summed E-state index contributed by atoms with van der Waals surface area (Å²) in [5, 5.41) is 0. The summed E-state index contributed by atoms with van der Waals surface area (Å²) < 4.78 is 66.0. The Morgan fingerprint density at radius 3 is 1.83 bits per heavy atom. The van der Waals surface area contributed by atoms with Crippen molar-refractivity contribution in [2.75, 3.05) is 0 Å². The minimum atomic E-state index is -4.69. The Labute approximate surface area is 134 Å². The largest absolute Gasteiger partial charge is 0.525 e. The van der Waals surface area contributed by atoms with Gasteiger partial charge in [-0.25, -0.2) is 4.39 Å². The van der Waals surface area contributed by atoms with Crippen molar-refractivity contribution in [1.29, 1.82) is 0 Å². The van der Waals surface area contributed by atoms with E-state index in [-0.39, 0.29) is 5.41 Å². The van der Waals surface area contributed by atoms with E-state index in [1.54, 1.807) is 27.7 Å². The molecule has 0 aromatic heterocycles. The molecule has 23 heavy (non-hydrogen) atoms. The van der Waals surface area contributed by atoms with Crippen molar-refractivity contribution in [2.45, 2.75) is 77.2 Å². The lowest BCUT2D eigenvalue weighted by molar-refractivity contribution is -0.120. The summed E-state index contributed by atoms with van der Waals surface area (Å²) in [7, 11) is -1.57. The summed E-state index contributed by atoms with van der Waals surface area (Å²) >= 11 is 0. The third-order valence-electron chi connectivity index (χ3n) is 6.20. The minimum Gasteiger partial charge on any atom is -0.398 e. The summed E-state index contributed by atoms with van der Waals surface area (Å²) in [6.07, 6.45) is -0.843. The van der Waals surface area contributed by atoms with Gasteiger partial charge in [0, 0.05) is 0 Å². The highest BCUT2D eigenvalue weighted by Crippen LogP contribution is 2.62. The van der Waals surface area contributed by atoms with Gasteiger partial charge >= 0.3 is 13.3 Å². The van der Waals surface area contributed by atoms with Crippen molar-refractivity contribution in [2.24, 2.45) is 11.3 Å². The van der Waals surface area contributed by atoms with E-state index < -0.39 is 41.7 Å². The third-order valence-corrected chi connectivity index (χ3v) is 6.20. The number of allylic oxidation sites excluding steroid dienone is 1. The van der Waals surface area contributed by atoms with E-state index in [0.29, 0.717) is 12.8 Å². The Bertz CT molecular complexity index is 511. The van der Waals surface area contributed by atoms with Crippen LogP contribution in [0.25, 0.3) is 0 Å². The van der Waals surface area contributed by atoms with Gasteiger partial charge in [-0.15, -0.1) is 0 Å². The van der Waals surface area contributed by atoms with Crippen molar-refractivity contribution in [1.82, 2.24) is 0 Å².